The van der Waals surface area contributed by atoms with Gasteiger partial charge in [0.1, 0.15) is 0 Å². The molecule has 0 saturated carbocycles. The fourth-order valence-corrected chi connectivity index (χ4v) is 0.572. The minimum absolute atomic E-state index is 0. The van der Waals surface area contributed by atoms with E-state index >= 15 is 0 Å². The summed E-state index contributed by atoms with van der Waals surface area (Å²) in [7, 11) is 0. The molecule has 0 spiro atoms. The predicted molar refractivity (Wildman–Crippen MR) is 79.7 cm³/mol. The van der Waals surface area contributed by atoms with Crippen molar-refractivity contribution >= 4 is 59.5 Å². The number of carbonyl (C=O) groups is 2. The maximum atomic E-state index is 9.98. The van der Waals surface area contributed by atoms with E-state index in [9.17, 15) is 19.8 Å². The standard InChI is InChI=1S/2C5H8O2.2HI.Pt/c2*1-4(6)3-5(2)7;;;/h2*3,6H,1-2H3;2*1H;/q;;;;+2/p-2/b2*4-3-;;;. The Labute approximate surface area is 150 Å². The van der Waals surface area contributed by atoms with Crippen LogP contribution in [0.5, 0.6) is 0 Å². The molecule has 0 bridgehead atoms. The summed E-state index contributed by atoms with van der Waals surface area (Å²) in [5.74, 6) is -0.750. The molecular formula is C10H16I2O4Pt. The Kier molecular flexibility index (Phi) is 34.0. The van der Waals surface area contributed by atoms with Crippen LogP contribution in [0.4, 0.5) is 0 Å². The number of hydrogen-bond acceptors (Lipinski definition) is 4. The van der Waals surface area contributed by atoms with Gasteiger partial charge in [0.2, 0.25) is 0 Å². The second-order valence-corrected chi connectivity index (χ2v) is 2.73. The number of hydrogen-bond donors (Lipinski definition) is 0. The van der Waals surface area contributed by atoms with E-state index in [1.54, 1.807) is 0 Å². The van der Waals surface area contributed by atoms with E-state index in [1.165, 1.54) is 27.7 Å². The van der Waals surface area contributed by atoms with Crippen molar-refractivity contribution in [2.75, 3.05) is 0 Å². The van der Waals surface area contributed by atoms with Crippen LogP contribution in [0.25, 0.3) is 0 Å². The van der Waals surface area contributed by atoms with Crippen LogP contribution in [0.1, 0.15) is 27.7 Å². The Morgan fingerprint density at radius 1 is 0.765 bits per heavy atom. The van der Waals surface area contributed by atoms with Crippen molar-refractivity contribution in [1.82, 2.24) is 0 Å². The third-order valence-electron chi connectivity index (χ3n) is 0.813. The van der Waals surface area contributed by atoms with Gasteiger partial charge in [0.05, 0.1) is 0 Å². The number of halogens is 2. The minimum Gasteiger partial charge on any atom is -0.876 e. The molecule has 0 aliphatic rings. The Balaban J connectivity index is -0.0000000480. The van der Waals surface area contributed by atoms with Crippen molar-refractivity contribution in [3.05, 3.63) is 23.7 Å². The van der Waals surface area contributed by atoms with Crippen molar-refractivity contribution in [2.45, 2.75) is 27.7 Å². The van der Waals surface area contributed by atoms with Gasteiger partial charge in [-0.2, -0.15) is 0 Å². The Morgan fingerprint density at radius 3 is 0.941 bits per heavy atom. The van der Waals surface area contributed by atoms with Gasteiger partial charge in [-0.3, -0.25) is 9.59 Å². The Bertz CT molecular complexity index is 239. The van der Waals surface area contributed by atoms with E-state index in [0.29, 0.717) is 0 Å². The van der Waals surface area contributed by atoms with Gasteiger partial charge in [0.25, 0.3) is 0 Å². The minimum atomic E-state index is -0.187. The first-order valence-electron chi connectivity index (χ1n) is 3.97. The van der Waals surface area contributed by atoms with Crippen LogP contribution in [0, 0.1) is 0 Å². The average molecular weight is 649 g/mol. The average Bonchev–Trinajstić information content (AvgIpc) is 1.79. The topological polar surface area (TPSA) is 80.3 Å². The van der Waals surface area contributed by atoms with Crippen molar-refractivity contribution in [1.29, 1.82) is 0 Å². The number of ketones is 2. The van der Waals surface area contributed by atoms with Crippen LogP contribution < -0.4 is 10.2 Å². The number of rotatable bonds is 2. The normalized spacial score (nSPS) is 9.41. The fraction of sp³-hybridized carbons (Fsp3) is 0.400. The maximum absolute atomic E-state index is 9.98. The van der Waals surface area contributed by atoms with E-state index in [1.807, 2.05) is 0 Å². The van der Waals surface area contributed by atoms with Crippen molar-refractivity contribution in [3.8, 4) is 0 Å². The monoisotopic (exact) mass is 649 g/mol. The molecule has 0 N–H and O–H groups in total. The van der Waals surface area contributed by atoms with E-state index in [0.717, 1.165) is 12.2 Å². The number of carbonyl (C=O) groups excluding carboxylic acids is 2. The van der Waals surface area contributed by atoms with Gasteiger partial charge < -0.3 is 10.2 Å². The van der Waals surface area contributed by atoms with Gasteiger partial charge in [-0.1, -0.05) is 13.8 Å². The fourth-order valence-electron chi connectivity index (χ4n) is 0.572. The van der Waals surface area contributed by atoms with Crippen LogP contribution in [-0.4, -0.2) is 11.6 Å². The second kappa shape index (κ2) is 18.9. The van der Waals surface area contributed by atoms with Gasteiger partial charge in [-0.05, 0) is 26.0 Å². The van der Waals surface area contributed by atoms with Gasteiger partial charge in [0, 0.05) is 0 Å². The SMILES string of the molecule is CC(=O)/C=C(/C)[O-].CC(=O)/C=C(/C)[O-].I.I.[Pt+2]. The van der Waals surface area contributed by atoms with E-state index in [4.69, 9.17) is 0 Å². The van der Waals surface area contributed by atoms with Gasteiger partial charge in [-0.25, -0.2) is 0 Å². The van der Waals surface area contributed by atoms with Crippen LogP contribution in [0.2, 0.25) is 0 Å². The zero-order valence-electron chi connectivity index (χ0n) is 9.92. The molecule has 0 aromatic heterocycles. The van der Waals surface area contributed by atoms with Crippen molar-refractivity contribution in [3.63, 3.8) is 0 Å². The van der Waals surface area contributed by atoms with Crippen LogP contribution in [0.3, 0.4) is 0 Å². The van der Waals surface area contributed by atoms with Gasteiger partial charge in [-0.15, -0.1) is 59.5 Å². The molecule has 0 heterocycles. The summed E-state index contributed by atoms with van der Waals surface area (Å²) in [4.78, 5) is 20.0. The molecule has 0 radical (unpaired) electrons. The smallest absolute Gasteiger partial charge is 0.876 e. The predicted octanol–water partition coefficient (Wildman–Crippen LogP) is 0.912. The first-order valence-corrected chi connectivity index (χ1v) is 3.97. The zero-order valence-corrected chi connectivity index (χ0v) is 16.9. The summed E-state index contributed by atoms with van der Waals surface area (Å²) in [6.07, 6.45) is 2.11. The van der Waals surface area contributed by atoms with Gasteiger partial charge in [0.15, 0.2) is 11.6 Å². The molecule has 0 unspecified atom stereocenters. The summed E-state index contributed by atoms with van der Waals surface area (Å²) in [5.41, 5.74) is 0. The molecule has 0 saturated heterocycles. The quantitative estimate of drug-likeness (QED) is 0.254. The van der Waals surface area contributed by atoms with Gasteiger partial charge >= 0.3 is 21.1 Å². The molecule has 0 rings (SSSR count). The molecule has 0 amide bonds. The first kappa shape index (κ1) is 30.5. The largest absolute Gasteiger partial charge is 2.00 e. The van der Waals surface area contributed by atoms with Crippen molar-refractivity contribution in [2.24, 2.45) is 0 Å². The number of allylic oxidation sites excluding steroid dienone is 4. The Morgan fingerprint density at radius 2 is 0.941 bits per heavy atom. The Hall–Kier alpha value is 0.568. The second-order valence-electron chi connectivity index (χ2n) is 2.73. The molecule has 104 valence electrons. The summed E-state index contributed by atoms with van der Waals surface area (Å²) in [6, 6.07) is 0. The van der Waals surface area contributed by atoms with E-state index in [2.05, 4.69) is 0 Å². The molecule has 7 heteroatoms. The molecular weight excluding hydrogens is 633 g/mol. The van der Waals surface area contributed by atoms with Crippen LogP contribution in [-0.2, 0) is 30.7 Å². The summed E-state index contributed by atoms with van der Waals surface area (Å²) >= 11 is 0. The molecule has 0 aromatic carbocycles. The first-order chi connectivity index (χ1) is 6.25. The zero-order chi connectivity index (χ0) is 11.7. The molecule has 17 heavy (non-hydrogen) atoms. The van der Waals surface area contributed by atoms with Crippen molar-refractivity contribution < 1.29 is 40.9 Å². The molecule has 0 aliphatic carbocycles. The van der Waals surface area contributed by atoms with E-state index in [-0.39, 0.29) is 92.1 Å². The van der Waals surface area contributed by atoms with Crippen LogP contribution in [0.15, 0.2) is 23.7 Å². The molecule has 0 fully saturated rings. The third kappa shape index (κ3) is 47.9. The molecule has 4 nitrogen and oxygen atoms in total. The summed E-state index contributed by atoms with van der Waals surface area (Å²) in [6.45, 7) is 5.39. The molecule has 0 aliphatic heterocycles. The maximum Gasteiger partial charge on any atom is 2.00 e. The molecule has 0 aromatic rings. The third-order valence-corrected chi connectivity index (χ3v) is 0.813. The summed E-state index contributed by atoms with van der Waals surface area (Å²) in [5, 5.41) is 20.0. The summed E-state index contributed by atoms with van der Waals surface area (Å²) < 4.78 is 0. The van der Waals surface area contributed by atoms with E-state index < -0.39 is 0 Å². The van der Waals surface area contributed by atoms with Crippen LogP contribution >= 0.6 is 48.0 Å². The molecule has 0 atom stereocenters.